The minimum absolute atomic E-state index is 0.112. The van der Waals surface area contributed by atoms with Crippen LogP contribution in [0.25, 0.3) is 0 Å². The van der Waals surface area contributed by atoms with Crippen molar-refractivity contribution in [3.8, 4) is 0 Å². The standard InChI is InChI=1S/C20H26ClN3O2/c1-14-19(15(2)26-23-14)7-8-20(25)22-18-9-11-24(12-10-18)13-16-3-5-17(21)6-4-16/h3-6,18H,7-13H2,1-2H3,(H,22,25). The Kier molecular flexibility index (Phi) is 6.33. The highest BCUT2D eigenvalue weighted by Gasteiger charge is 2.21. The summed E-state index contributed by atoms with van der Waals surface area (Å²) in [5, 5.41) is 7.89. The lowest BCUT2D eigenvalue weighted by Gasteiger charge is -2.32. The SMILES string of the molecule is Cc1noc(C)c1CCC(=O)NC1CCN(Cc2ccc(Cl)cc2)CC1. The molecule has 26 heavy (non-hydrogen) atoms. The predicted molar refractivity (Wildman–Crippen MR) is 102 cm³/mol. The zero-order chi connectivity index (χ0) is 18.5. The topological polar surface area (TPSA) is 58.4 Å². The maximum absolute atomic E-state index is 12.2. The first kappa shape index (κ1) is 18.9. The van der Waals surface area contributed by atoms with Crippen molar-refractivity contribution in [2.75, 3.05) is 13.1 Å². The van der Waals surface area contributed by atoms with Crippen LogP contribution < -0.4 is 5.32 Å². The van der Waals surface area contributed by atoms with Crippen LogP contribution in [0.5, 0.6) is 0 Å². The van der Waals surface area contributed by atoms with Crippen LogP contribution in [-0.4, -0.2) is 35.1 Å². The van der Waals surface area contributed by atoms with Crippen LogP contribution in [-0.2, 0) is 17.8 Å². The number of carbonyl (C=O) groups is 1. The molecule has 1 aromatic heterocycles. The average molecular weight is 376 g/mol. The Hall–Kier alpha value is -1.85. The number of nitrogens with one attached hydrogen (secondary N) is 1. The van der Waals surface area contributed by atoms with Gasteiger partial charge in [-0.15, -0.1) is 0 Å². The van der Waals surface area contributed by atoms with Crippen molar-refractivity contribution in [2.45, 2.75) is 52.1 Å². The number of likely N-dealkylation sites (tertiary alicyclic amines) is 1. The van der Waals surface area contributed by atoms with Crippen molar-refractivity contribution in [1.29, 1.82) is 0 Å². The molecule has 0 saturated carbocycles. The average Bonchev–Trinajstić information content (AvgIpc) is 2.95. The largest absolute Gasteiger partial charge is 0.361 e. The monoisotopic (exact) mass is 375 g/mol. The molecule has 0 spiro atoms. The molecule has 0 atom stereocenters. The van der Waals surface area contributed by atoms with E-state index in [4.69, 9.17) is 16.1 Å². The Morgan fingerprint density at radius 1 is 1.27 bits per heavy atom. The molecular formula is C20H26ClN3O2. The van der Waals surface area contributed by atoms with E-state index in [0.29, 0.717) is 12.8 Å². The van der Waals surface area contributed by atoms with Gasteiger partial charge in [0.2, 0.25) is 5.91 Å². The molecule has 6 heteroatoms. The van der Waals surface area contributed by atoms with Crippen molar-refractivity contribution in [2.24, 2.45) is 0 Å². The Balaban J connectivity index is 1.39. The van der Waals surface area contributed by atoms with Gasteiger partial charge in [0.05, 0.1) is 5.69 Å². The Morgan fingerprint density at radius 2 is 1.96 bits per heavy atom. The van der Waals surface area contributed by atoms with Gasteiger partial charge in [-0.2, -0.15) is 0 Å². The number of aromatic nitrogens is 1. The normalized spacial score (nSPS) is 16.0. The molecule has 140 valence electrons. The molecule has 1 aliphatic rings. The van der Waals surface area contributed by atoms with E-state index in [2.05, 4.69) is 27.5 Å². The Bertz CT molecular complexity index is 715. The summed E-state index contributed by atoms with van der Waals surface area (Å²) in [6, 6.07) is 8.29. The van der Waals surface area contributed by atoms with Crippen LogP contribution in [0.2, 0.25) is 5.02 Å². The molecule has 1 amide bonds. The quantitative estimate of drug-likeness (QED) is 0.837. The molecule has 1 aliphatic heterocycles. The van der Waals surface area contributed by atoms with E-state index in [-0.39, 0.29) is 11.9 Å². The zero-order valence-corrected chi connectivity index (χ0v) is 16.2. The lowest BCUT2D eigenvalue weighted by molar-refractivity contribution is -0.122. The van der Waals surface area contributed by atoms with Gasteiger partial charge in [-0.1, -0.05) is 28.9 Å². The molecule has 3 rings (SSSR count). The summed E-state index contributed by atoms with van der Waals surface area (Å²) in [6.07, 6.45) is 3.14. The highest BCUT2D eigenvalue weighted by molar-refractivity contribution is 6.30. The van der Waals surface area contributed by atoms with Gasteiger partial charge in [-0.3, -0.25) is 9.69 Å². The first-order valence-corrected chi connectivity index (χ1v) is 9.57. The molecule has 2 heterocycles. The first-order valence-electron chi connectivity index (χ1n) is 9.19. The van der Waals surface area contributed by atoms with E-state index < -0.39 is 0 Å². The van der Waals surface area contributed by atoms with Crippen LogP contribution in [0.4, 0.5) is 0 Å². The summed E-state index contributed by atoms with van der Waals surface area (Å²) >= 11 is 5.93. The molecule has 0 aliphatic carbocycles. The molecule has 0 bridgehead atoms. The van der Waals surface area contributed by atoms with Crippen molar-refractivity contribution >= 4 is 17.5 Å². The number of piperidine rings is 1. The van der Waals surface area contributed by atoms with Gasteiger partial charge in [0.15, 0.2) is 0 Å². The summed E-state index contributed by atoms with van der Waals surface area (Å²) in [5.74, 6) is 0.923. The third kappa shape index (κ3) is 5.08. The molecule has 0 unspecified atom stereocenters. The zero-order valence-electron chi connectivity index (χ0n) is 15.4. The highest BCUT2D eigenvalue weighted by Crippen LogP contribution is 2.17. The van der Waals surface area contributed by atoms with Crippen molar-refractivity contribution < 1.29 is 9.32 Å². The summed E-state index contributed by atoms with van der Waals surface area (Å²) in [4.78, 5) is 14.7. The maximum atomic E-state index is 12.2. The third-order valence-corrected chi connectivity index (χ3v) is 5.31. The fraction of sp³-hybridized carbons (Fsp3) is 0.500. The van der Waals surface area contributed by atoms with Crippen LogP contribution in [0.1, 0.15) is 41.8 Å². The Labute approximate surface area is 159 Å². The van der Waals surface area contributed by atoms with Crippen molar-refractivity contribution in [1.82, 2.24) is 15.4 Å². The molecular weight excluding hydrogens is 350 g/mol. The van der Waals surface area contributed by atoms with E-state index in [1.54, 1.807) is 0 Å². The number of rotatable bonds is 6. The van der Waals surface area contributed by atoms with E-state index in [0.717, 1.165) is 54.5 Å². The molecule has 1 saturated heterocycles. The van der Waals surface area contributed by atoms with Gasteiger partial charge in [-0.25, -0.2) is 0 Å². The minimum atomic E-state index is 0.112. The fourth-order valence-electron chi connectivity index (χ4n) is 3.48. The number of carbonyl (C=O) groups excluding carboxylic acids is 1. The maximum Gasteiger partial charge on any atom is 0.220 e. The number of nitrogens with zero attached hydrogens (tertiary/aromatic N) is 2. The molecule has 1 fully saturated rings. The fourth-order valence-corrected chi connectivity index (χ4v) is 3.61. The molecule has 1 aromatic carbocycles. The van der Waals surface area contributed by atoms with E-state index in [1.807, 2.05) is 26.0 Å². The van der Waals surface area contributed by atoms with Crippen LogP contribution in [0.3, 0.4) is 0 Å². The first-order chi connectivity index (χ1) is 12.5. The lowest BCUT2D eigenvalue weighted by Crippen LogP contribution is -2.44. The second kappa shape index (κ2) is 8.69. The number of hydrogen-bond donors (Lipinski definition) is 1. The van der Waals surface area contributed by atoms with E-state index >= 15 is 0 Å². The van der Waals surface area contributed by atoms with Crippen LogP contribution in [0.15, 0.2) is 28.8 Å². The van der Waals surface area contributed by atoms with Crippen molar-refractivity contribution in [3.05, 3.63) is 51.9 Å². The van der Waals surface area contributed by atoms with Gasteiger partial charge < -0.3 is 9.84 Å². The summed E-state index contributed by atoms with van der Waals surface area (Å²) in [5.41, 5.74) is 3.21. The second-order valence-corrected chi connectivity index (χ2v) is 7.48. The van der Waals surface area contributed by atoms with Gasteiger partial charge in [-0.05, 0) is 50.8 Å². The summed E-state index contributed by atoms with van der Waals surface area (Å²) in [6.45, 7) is 6.74. The number of hydrogen-bond acceptors (Lipinski definition) is 4. The molecule has 2 aromatic rings. The molecule has 0 radical (unpaired) electrons. The van der Waals surface area contributed by atoms with Crippen LogP contribution in [0, 0.1) is 13.8 Å². The van der Waals surface area contributed by atoms with Gasteiger partial charge in [0.1, 0.15) is 5.76 Å². The second-order valence-electron chi connectivity index (χ2n) is 7.05. The van der Waals surface area contributed by atoms with Crippen molar-refractivity contribution in [3.63, 3.8) is 0 Å². The predicted octanol–water partition coefficient (Wildman–Crippen LogP) is 3.66. The Morgan fingerprint density at radius 3 is 2.58 bits per heavy atom. The summed E-state index contributed by atoms with van der Waals surface area (Å²) in [7, 11) is 0. The number of amides is 1. The van der Waals surface area contributed by atoms with Gasteiger partial charge in [0.25, 0.3) is 0 Å². The molecule has 1 N–H and O–H groups in total. The van der Waals surface area contributed by atoms with Gasteiger partial charge in [0, 0.05) is 42.7 Å². The molecule has 5 nitrogen and oxygen atoms in total. The third-order valence-electron chi connectivity index (χ3n) is 5.06. The highest BCUT2D eigenvalue weighted by atomic mass is 35.5. The lowest BCUT2D eigenvalue weighted by atomic mass is 10.0. The number of halogens is 1. The van der Waals surface area contributed by atoms with E-state index in [1.165, 1.54) is 5.56 Å². The summed E-state index contributed by atoms with van der Waals surface area (Å²) < 4.78 is 5.15. The van der Waals surface area contributed by atoms with Gasteiger partial charge >= 0.3 is 0 Å². The smallest absolute Gasteiger partial charge is 0.220 e. The van der Waals surface area contributed by atoms with Crippen LogP contribution >= 0.6 is 11.6 Å². The number of aryl methyl sites for hydroxylation is 2. The van der Waals surface area contributed by atoms with E-state index in [9.17, 15) is 4.79 Å². The number of benzene rings is 1. The minimum Gasteiger partial charge on any atom is -0.361 e.